The quantitative estimate of drug-likeness (QED) is 0.0589. The molecule has 0 aromatic heterocycles. The maximum absolute atomic E-state index is 14.7. The van der Waals surface area contributed by atoms with Crippen LogP contribution >= 0.6 is 0 Å². The van der Waals surface area contributed by atoms with Crippen molar-refractivity contribution in [2.75, 3.05) is 62.4 Å². The van der Waals surface area contributed by atoms with E-state index in [1.165, 1.54) is 98.7 Å². The summed E-state index contributed by atoms with van der Waals surface area (Å²) >= 11 is 0. The van der Waals surface area contributed by atoms with Gasteiger partial charge in [-0.05, 0) is 76.3 Å². The van der Waals surface area contributed by atoms with Gasteiger partial charge < -0.3 is 66.4 Å². The van der Waals surface area contributed by atoms with Crippen LogP contribution in [-0.2, 0) is 70.4 Å². The zero-order valence-corrected chi connectivity index (χ0v) is 53.6. The van der Waals surface area contributed by atoms with Crippen LogP contribution in [0.3, 0.4) is 0 Å². The number of carboxylic acids is 1. The molecule has 25 heteroatoms. The zero-order chi connectivity index (χ0) is 65.8. The lowest BCUT2D eigenvalue weighted by Gasteiger charge is -2.36. The van der Waals surface area contributed by atoms with Crippen LogP contribution in [-0.4, -0.2) is 233 Å². The van der Waals surface area contributed by atoms with Gasteiger partial charge in [0.05, 0.1) is 12.6 Å². The van der Waals surface area contributed by atoms with Crippen molar-refractivity contribution in [3.8, 4) is 0 Å². The van der Waals surface area contributed by atoms with Gasteiger partial charge in [-0.1, -0.05) is 102 Å². The molecule has 2 aromatic rings. The number of rotatable bonds is 32. The van der Waals surface area contributed by atoms with E-state index in [1.807, 2.05) is 33.8 Å². The fourth-order valence-electron chi connectivity index (χ4n) is 9.69. The second-order valence-corrected chi connectivity index (χ2v) is 23.6. The average Bonchev–Trinajstić information content (AvgIpc) is 2.89. The Kier molecular flexibility index (Phi) is 29.5. The predicted molar refractivity (Wildman–Crippen MR) is 324 cm³/mol. The SMILES string of the molecule is CC(C)C[C@H](NC(=O)[C@H](C)N(C)C(=O)CNC(=O)[C@H](Cc1ccccc1)N(C)C(=O)[C@H](C)N)C(=O)N(C)[C@@H](Cc1ccccc1)C(=O)N(C)[C@@H](C)C(=O)N[C@@H](C)C(=O)N(C)[C@@H](CC(C)C)C(=O)N[C@@H](C)C(=O)N(C)[C@H](C(=O)N(C)CC(=O)O)C(C)C. The van der Waals surface area contributed by atoms with Crippen molar-refractivity contribution >= 4 is 70.9 Å². The van der Waals surface area contributed by atoms with Crippen LogP contribution in [0.4, 0.5) is 0 Å². The molecule has 7 N–H and O–H groups in total. The van der Waals surface area contributed by atoms with Crippen LogP contribution in [0.15, 0.2) is 60.7 Å². The molecule has 0 spiro atoms. The fraction of sp³-hybridized carbons (Fsp3) is 0.607. The highest BCUT2D eigenvalue weighted by Gasteiger charge is 2.40. The summed E-state index contributed by atoms with van der Waals surface area (Å²) in [6.07, 6.45) is 0.397. The number of carboxylic acid groups (broad SMARTS) is 1. The summed E-state index contributed by atoms with van der Waals surface area (Å²) in [5, 5.41) is 19.9. The average molecular weight is 1210 g/mol. The van der Waals surface area contributed by atoms with E-state index in [-0.39, 0.29) is 37.5 Å². The van der Waals surface area contributed by atoms with Gasteiger partial charge in [0.2, 0.25) is 65.0 Å². The van der Waals surface area contributed by atoms with Gasteiger partial charge in [-0.15, -0.1) is 0 Å². The molecule has 478 valence electrons. The third-order valence-electron chi connectivity index (χ3n) is 15.2. The van der Waals surface area contributed by atoms with E-state index >= 15 is 0 Å². The summed E-state index contributed by atoms with van der Waals surface area (Å²) in [7, 11) is 9.71. The predicted octanol–water partition coefficient (Wildman–Crippen LogP) is 0.722. The number of carbonyl (C=O) groups is 12. The van der Waals surface area contributed by atoms with E-state index in [0.29, 0.717) is 5.56 Å². The Bertz CT molecular complexity index is 2670. The number of benzene rings is 2. The number of nitrogens with one attached hydrogen (secondary N) is 4. The molecule has 0 fully saturated rings. The van der Waals surface area contributed by atoms with Crippen LogP contribution in [0, 0.1) is 17.8 Å². The van der Waals surface area contributed by atoms with Crippen LogP contribution in [0.25, 0.3) is 0 Å². The third-order valence-corrected chi connectivity index (χ3v) is 15.2. The van der Waals surface area contributed by atoms with Gasteiger partial charge in [0.15, 0.2) is 0 Å². The van der Waals surface area contributed by atoms with Crippen LogP contribution in [0.2, 0.25) is 0 Å². The van der Waals surface area contributed by atoms with Gasteiger partial charge in [-0.3, -0.25) is 57.5 Å². The molecule has 0 radical (unpaired) electrons. The molecule has 0 heterocycles. The van der Waals surface area contributed by atoms with Crippen molar-refractivity contribution in [2.24, 2.45) is 23.5 Å². The summed E-state index contributed by atoms with van der Waals surface area (Å²) in [6, 6.07) is 6.51. The number of likely N-dealkylation sites (N-methyl/N-ethyl adjacent to an activating group) is 7. The lowest BCUT2D eigenvalue weighted by atomic mass is 9.99. The second-order valence-electron chi connectivity index (χ2n) is 23.6. The van der Waals surface area contributed by atoms with E-state index in [1.54, 1.807) is 68.4 Å². The summed E-state index contributed by atoms with van der Waals surface area (Å²) in [4.78, 5) is 172. The summed E-state index contributed by atoms with van der Waals surface area (Å²) < 4.78 is 0. The monoisotopic (exact) mass is 1200 g/mol. The Morgan fingerprint density at radius 2 is 0.884 bits per heavy atom. The highest BCUT2D eigenvalue weighted by atomic mass is 16.4. The molecule has 0 saturated heterocycles. The Labute approximate surface area is 507 Å². The number of nitrogens with two attached hydrogens (primary N) is 1. The van der Waals surface area contributed by atoms with E-state index in [2.05, 4.69) is 21.3 Å². The van der Waals surface area contributed by atoms with Gasteiger partial charge in [0.25, 0.3) is 0 Å². The van der Waals surface area contributed by atoms with Crippen molar-refractivity contribution < 1.29 is 62.6 Å². The van der Waals surface area contributed by atoms with E-state index in [0.717, 1.165) is 25.2 Å². The fourth-order valence-corrected chi connectivity index (χ4v) is 9.69. The number of aliphatic carboxylic acids is 1. The minimum atomic E-state index is -1.24. The highest BCUT2D eigenvalue weighted by Crippen LogP contribution is 2.20. The van der Waals surface area contributed by atoms with Gasteiger partial charge >= 0.3 is 5.97 Å². The first-order valence-corrected chi connectivity index (χ1v) is 29.0. The number of carbonyl (C=O) groups excluding carboxylic acids is 11. The number of amides is 11. The molecular weight excluding hydrogens is 1110 g/mol. The number of hydrogen-bond donors (Lipinski definition) is 6. The minimum Gasteiger partial charge on any atom is -0.480 e. The highest BCUT2D eigenvalue weighted by molar-refractivity contribution is 5.98. The van der Waals surface area contributed by atoms with Crippen LogP contribution < -0.4 is 27.0 Å². The number of hydrogen-bond acceptors (Lipinski definition) is 13. The Balaban J connectivity index is 2.32. The maximum atomic E-state index is 14.7. The second kappa shape index (κ2) is 34.3. The maximum Gasteiger partial charge on any atom is 0.323 e. The minimum absolute atomic E-state index is 0.0102. The summed E-state index contributed by atoms with van der Waals surface area (Å²) in [6.45, 7) is 16.9. The molecule has 86 heavy (non-hydrogen) atoms. The van der Waals surface area contributed by atoms with Crippen molar-refractivity contribution in [1.82, 2.24) is 55.6 Å². The first-order valence-electron chi connectivity index (χ1n) is 29.0. The molecule has 0 aliphatic rings. The molecule has 10 atom stereocenters. The molecule has 25 nitrogen and oxygen atoms in total. The van der Waals surface area contributed by atoms with Crippen molar-refractivity contribution in [3.63, 3.8) is 0 Å². The van der Waals surface area contributed by atoms with Gasteiger partial charge in [-0.25, -0.2) is 0 Å². The molecular formula is C61H96N12O13. The molecule has 0 aliphatic carbocycles. The van der Waals surface area contributed by atoms with E-state index < -0.39 is 150 Å². The zero-order valence-electron chi connectivity index (χ0n) is 53.6. The van der Waals surface area contributed by atoms with E-state index in [4.69, 9.17) is 5.73 Å². The lowest BCUT2D eigenvalue weighted by Crippen LogP contribution is -2.60. The van der Waals surface area contributed by atoms with Crippen molar-refractivity contribution in [1.29, 1.82) is 0 Å². The molecule has 2 aromatic carbocycles. The van der Waals surface area contributed by atoms with Crippen LogP contribution in [0.1, 0.15) is 100 Å². The smallest absolute Gasteiger partial charge is 0.323 e. The Morgan fingerprint density at radius 3 is 1.35 bits per heavy atom. The van der Waals surface area contributed by atoms with Gasteiger partial charge in [-0.2, -0.15) is 0 Å². The molecule has 0 bridgehead atoms. The topological polar surface area (TPSA) is 322 Å². The molecule has 0 aliphatic heterocycles. The van der Waals surface area contributed by atoms with Gasteiger partial charge in [0.1, 0.15) is 60.9 Å². The summed E-state index contributed by atoms with van der Waals surface area (Å²) in [5.74, 6) is -9.04. The lowest BCUT2D eigenvalue weighted by molar-refractivity contribution is -0.150. The van der Waals surface area contributed by atoms with Crippen molar-refractivity contribution in [3.05, 3.63) is 71.8 Å². The summed E-state index contributed by atoms with van der Waals surface area (Å²) in [5.41, 5.74) is 7.29. The third kappa shape index (κ3) is 21.5. The first kappa shape index (κ1) is 74.1. The van der Waals surface area contributed by atoms with E-state index in [9.17, 15) is 62.6 Å². The number of nitrogens with zero attached hydrogens (tertiary/aromatic N) is 7. The Morgan fingerprint density at radius 1 is 0.453 bits per heavy atom. The Hall–Kier alpha value is -7.96. The molecule has 0 unspecified atom stereocenters. The largest absolute Gasteiger partial charge is 0.480 e. The standard InChI is InChI=1S/C61H96N12O13/c1-35(2)29-45(66-53(78)41(10)68(13)49(74)33-63-54(79)47(70(15)56(81)38(7)62)31-43-25-21-19-22-26-43)59(84)72(17)48(32-44-27-23-20-24-28-44)60(85)69(14)42(11)52(77)64-39(8)57(82)71(16)46(30-36(3)4)55(80)65-40(9)58(83)73(18)51(37(5)6)61(86)67(12)34-50(75)76/h19-28,35-42,45-48,51H,29-34,62H2,1-18H3,(H,63,79)(H,64,77)(H,65,80)(H,66,78)(H,75,76)/t38-,39-,40-,41-,42-,45-,46-,47-,48-,51-/m0/s1. The van der Waals surface area contributed by atoms with Crippen molar-refractivity contribution in [2.45, 2.75) is 162 Å². The van der Waals surface area contributed by atoms with Gasteiger partial charge in [0, 0.05) is 62.2 Å². The molecule has 0 saturated carbocycles. The molecule has 11 amide bonds. The van der Waals surface area contributed by atoms with Crippen LogP contribution in [0.5, 0.6) is 0 Å². The first-order chi connectivity index (χ1) is 40.0. The molecule has 2 rings (SSSR count). The normalized spacial score (nSPS) is 14.7.